The maximum absolute atomic E-state index is 5.57. The number of ether oxygens (including phenoxy) is 1. The predicted molar refractivity (Wildman–Crippen MR) is 55.5 cm³/mol. The van der Waals surface area contributed by atoms with E-state index in [1.165, 1.54) is 0 Å². The highest BCUT2D eigenvalue weighted by Gasteiger charge is 1.97. The Bertz CT molecular complexity index is 281. The SMILES string of the molecule is COCc1nc(/C=C/C(C)N)cs1. The van der Waals surface area contributed by atoms with Crippen LogP contribution in [0.15, 0.2) is 11.5 Å². The van der Waals surface area contributed by atoms with Crippen LogP contribution in [0.2, 0.25) is 0 Å². The lowest BCUT2D eigenvalue weighted by molar-refractivity contribution is 0.184. The Kier molecular flexibility index (Phi) is 4.08. The molecule has 0 fully saturated rings. The molecule has 1 rings (SSSR count). The number of hydrogen-bond donors (Lipinski definition) is 1. The van der Waals surface area contributed by atoms with Crippen LogP contribution in [0, 0.1) is 0 Å². The van der Waals surface area contributed by atoms with Crippen LogP contribution in [-0.4, -0.2) is 18.1 Å². The molecular formula is C9H14N2OS. The van der Waals surface area contributed by atoms with Crippen LogP contribution < -0.4 is 5.73 Å². The summed E-state index contributed by atoms with van der Waals surface area (Å²) in [5, 5.41) is 2.99. The molecule has 1 aromatic heterocycles. The zero-order valence-corrected chi connectivity index (χ0v) is 8.67. The average Bonchev–Trinajstić information content (AvgIpc) is 2.50. The van der Waals surface area contributed by atoms with Crippen molar-refractivity contribution in [3.05, 3.63) is 22.2 Å². The molecule has 1 unspecified atom stereocenters. The highest BCUT2D eigenvalue weighted by Crippen LogP contribution is 2.11. The molecule has 0 aliphatic heterocycles. The molecule has 0 aliphatic carbocycles. The molecule has 1 aromatic rings. The van der Waals surface area contributed by atoms with E-state index in [9.17, 15) is 0 Å². The second-order valence-corrected chi connectivity index (χ2v) is 3.76. The molecule has 0 radical (unpaired) electrons. The Morgan fingerprint density at radius 3 is 3.15 bits per heavy atom. The lowest BCUT2D eigenvalue weighted by Crippen LogP contribution is -2.09. The third-order valence-corrected chi connectivity index (χ3v) is 2.25. The minimum absolute atomic E-state index is 0.0765. The smallest absolute Gasteiger partial charge is 0.119 e. The zero-order chi connectivity index (χ0) is 9.68. The van der Waals surface area contributed by atoms with Gasteiger partial charge in [0.25, 0.3) is 0 Å². The van der Waals surface area contributed by atoms with Crippen molar-refractivity contribution in [3.63, 3.8) is 0 Å². The Labute approximate surface area is 82.2 Å². The molecular weight excluding hydrogens is 184 g/mol. The van der Waals surface area contributed by atoms with E-state index in [1.807, 2.05) is 24.5 Å². The Hall–Kier alpha value is -0.710. The zero-order valence-electron chi connectivity index (χ0n) is 7.86. The van der Waals surface area contributed by atoms with Crippen LogP contribution in [0.1, 0.15) is 17.6 Å². The quantitative estimate of drug-likeness (QED) is 0.800. The van der Waals surface area contributed by atoms with Crippen molar-refractivity contribution in [2.75, 3.05) is 7.11 Å². The van der Waals surface area contributed by atoms with Gasteiger partial charge < -0.3 is 10.5 Å². The maximum Gasteiger partial charge on any atom is 0.119 e. The Morgan fingerprint density at radius 2 is 2.54 bits per heavy atom. The summed E-state index contributed by atoms with van der Waals surface area (Å²) in [7, 11) is 1.67. The van der Waals surface area contributed by atoms with Crippen LogP contribution in [-0.2, 0) is 11.3 Å². The summed E-state index contributed by atoms with van der Waals surface area (Å²) in [6, 6.07) is 0.0765. The monoisotopic (exact) mass is 198 g/mol. The van der Waals surface area contributed by atoms with Gasteiger partial charge in [-0.2, -0.15) is 0 Å². The van der Waals surface area contributed by atoms with Gasteiger partial charge in [-0.05, 0) is 13.0 Å². The van der Waals surface area contributed by atoms with Crippen molar-refractivity contribution >= 4 is 17.4 Å². The molecule has 13 heavy (non-hydrogen) atoms. The third kappa shape index (κ3) is 3.67. The molecule has 1 heterocycles. The van der Waals surface area contributed by atoms with Crippen molar-refractivity contribution < 1.29 is 4.74 Å². The maximum atomic E-state index is 5.57. The van der Waals surface area contributed by atoms with E-state index in [0.29, 0.717) is 6.61 Å². The van der Waals surface area contributed by atoms with Crippen LogP contribution in [0.3, 0.4) is 0 Å². The number of methoxy groups -OCH3 is 1. The largest absolute Gasteiger partial charge is 0.378 e. The van der Waals surface area contributed by atoms with E-state index in [4.69, 9.17) is 10.5 Å². The molecule has 0 spiro atoms. The van der Waals surface area contributed by atoms with Gasteiger partial charge in [-0.1, -0.05) is 6.08 Å². The lowest BCUT2D eigenvalue weighted by Gasteiger charge is -1.92. The van der Waals surface area contributed by atoms with E-state index in [-0.39, 0.29) is 6.04 Å². The van der Waals surface area contributed by atoms with Crippen molar-refractivity contribution in [2.24, 2.45) is 5.73 Å². The molecule has 0 aromatic carbocycles. The van der Waals surface area contributed by atoms with E-state index in [2.05, 4.69) is 4.98 Å². The number of thiazole rings is 1. The minimum Gasteiger partial charge on any atom is -0.378 e. The van der Waals surface area contributed by atoms with Gasteiger partial charge in [0.2, 0.25) is 0 Å². The first kappa shape index (κ1) is 10.4. The predicted octanol–water partition coefficient (Wildman–Crippen LogP) is 1.65. The number of nitrogens with zero attached hydrogens (tertiary/aromatic N) is 1. The molecule has 3 nitrogen and oxygen atoms in total. The normalized spacial score (nSPS) is 13.8. The lowest BCUT2D eigenvalue weighted by atomic mass is 10.3. The van der Waals surface area contributed by atoms with Crippen LogP contribution in [0.4, 0.5) is 0 Å². The van der Waals surface area contributed by atoms with E-state index >= 15 is 0 Å². The van der Waals surface area contributed by atoms with Gasteiger partial charge in [0.05, 0.1) is 12.3 Å². The standard InChI is InChI=1S/C9H14N2OS/c1-7(10)3-4-8-6-13-9(11-8)5-12-2/h3-4,6-7H,5,10H2,1-2H3/b4-3+. The first-order valence-electron chi connectivity index (χ1n) is 4.09. The van der Waals surface area contributed by atoms with Crippen molar-refractivity contribution in [2.45, 2.75) is 19.6 Å². The summed E-state index contributed by atoms with van der Waals surface area (Å²) < 4.78 is 4.97. The number of nitrogens with two attached hydrogens (primary N) is 1. The fourth-order valence-corrected chi connectivity index (χ4v) is 1.57. The third-order valence-electron chi connectivity index (χ3n) is 1.41. The van der Waals surface area contributed by atoms with Crippen LogP contribution in [0.25, 0.3) is 6.08 Å². The Morgan fingerprint density at radius 1 is 1.77 bits per heavy atom. The van der Waals surface area contributed by atoms with E-state index < -0.39 is 0 Å². The van der Waals surface area contributed by atoms with Crippen molar-refractivity contribution in [1.29, 1.82) is 0 Å². The van der Waals surface area contributed by atoms with Crippen LogP contribution in [0.5, 0.6) is 0 Å². The molecule has 1 atom stereocenters. The first-order valence-corrected chi connectivity index (χ1v) is 4.97. The summed E-state index contributed by atoms with van der Waals surface area (Å²) in [6.45, 7) is 2.51. The highest BCUT2D eigenvalue weighted by molar-refractivity contribution is 7.09. The molecule has 0 aliphatic rings. The molecule has 0 bridgehead atoms. The van der Waals surface area contributed by atoms with Gasteiger partial charge in [-0.3, -0.25) is 0 Å². The summed E-state index contributed by atoms with van der Waals surface area (Å²) in [5.74, 6) is 0. The second-order valence-electron chi connectivity index (χ2n) is 2.82. The molecule has 2 N–H and O–H groups in total. The summed E-state index contributed by atoms with van der Waals surface area (Å²) in [4.78, 5) is 4.32. The number of rotatable bonds is 4. The first-order chi connectivity index (χ1) is 6.22. The van der Waals surface area contributed by atoms with Crippen LogP contribution >= 0.6 is 11.3 Å². The molecule has 72 valence electrons. The van der Waals surface area contributed by atoms with Gasteiger partial charge >= 0.3 is 0 Å². The van der Waals surface area contributed by atoms with Crippen molar-refractivity contribution in [3.8, 4) is 0 Å². The Balaban J connectivity index is 2.58. The van der Waals surface area contributed by atoms with Gasteiger partial charge in [-0.15, -0.1) is 11.3 Å². The van der Waals surface area contributed by atoms with E-state index in [1.54, 1.807) is 18.4 Å². The summed E-state index contributed by atoms with van der Waals surface area (Å²) >= 11 is 1.60. The fraction of sp³-hybridized carbons (Fsp3) is 0.444. The van der Waals surface area contributed by atoms with E-state index in [0.717, 1.165) is 10.7 Å². The highest BCUT2D eigenvalue weighted by atomic mass is 32.1. The molecule has 0 saturated carbocycles. The fourth-order valence-electron chi connectivity index (χ4n) is 0.842. The number of aromatic nitrogens is 1. The minimum atomic E-state index is 0.0765. The summed E-state index contributed by atoms with van der Waals surface area (Å²) in [6.07, 6.45) is 3.85. The number of hydrogen-bond acceptors (Lipinski definition) is 4. The van der Waals surface area contributed by atoms with Gasteiger partial charge in [0, 0.05) is 18.5 Å². The second kappa shape index (κ2) is 5.11. The topological polar surface area (TPSA) is 48.1 Å². The average molecular weight is 198 g/mol. The van der Waals surface area contributed by atoms with Gasteiger partial charge in [0.1, 0.15) is 5.01 Å². The molecule has 4 heteroatoms. The molecule has 0 saturated heterocycles. The summed E-state index contributed by atoms with van der Waals surface area (Å²) in [5.41, 5.74) is 6.52. The van der Waals surface area contributed by atoms with Gasteiger partial charge in [0.15, 0.2) is 0 Å². The molecule has 0 amide bonds. The van der Waals surface area contributed by atoms with Gasteiger partial charge in [-0.25, -0.2) is 4.98 Å². The van der Waals surface area contributed by atoms with Crippen molar-refractivity contribution in [1.82, 2.24) is 4.98 Å².